The lowest BCUT2D eigenvalue weighted by Crippen LogP contribution is -2.09. The summed E-state index contributed by atoms with van der Waals surface area (Å²) in [5.41, 5.74) is 0.108. The maximum Gasteiger partial charge on any atom is 0.263 e. The van der Waals surface area contributed by atoms with Crippen molar-refractivity contribution in [2.75, 3.05) is 14.2 Å². The second-order valence-corrected chi connectivity index (χ2v) is 3.41. The van der Waals surface area contributed by atoms with Gasteiger partial charge in [-0.25, -0.2) is 4.98 Å². The first-order valence-corrected chi connectivity index (χ1v) is 4.85. The fourth-order valence-corrected chi connectivity index (χ4v) is 1.70. The molecule has 0 unspecified atom stereocenters. The molecule has 1 aromatic carbocycles. The first kappa shape index (κ1) is 10.8. The molecule has 0 aliphatic carbocycles. The number of nitrogens with zero attached hydrogens (tertiary/aromatic N) is 1. The molecular formula is C10H9ClN2O3. The number of hydrogen-bond acceptors (Lipinski definition) is 4. The number of fused-ring (bicyclic) bond motifs is 1. The van der Waals surface area contributed by atoms with E-state index in [0.29, 0.717) is 22.4 Å². The normalized spacial score (nSPS) is 10.4. The van der Waals surface area contributed by atoms with Gasteiger partial charge in [0, 0.05) is 0 Å². The van der Waals surface area contributed by atoms with Gasteiger partial charge in [0.05, 0.1) is 19.7 Å². The standard InChI is InChI=1S/C10H9ClN2O3/c1-15-6-4-3-5-7(8(6)16-2)9(14)13-10(11)12-5/h3-4H,1-2H3,(H,12,13,14). The zero-order valence-corrected chi connectivity index (χ0v) is 9.46. The van der Waals surface area contributed by atoms with Crippen molar-refractivity contribution in [1.29, 1.82) is 0 Å². The van der Waals surface area contributed by atoms with Gasteiger partial charge in [-0.3, -0.25) is 9.78 Å². The van der Waals surface area contributed by atoms with Crippen molar-refractivity contribution in [3.8, 4) is 11.5 Å². The molecule has 0 saturated carbocycles. The smallest absolute Gasteiger partial charge is 0.263 e. The number of nitrogens with one attached hydrogen (secondary N) is 1. The number of ether oxygens (including phenoxy) is 2. The summed E-state index contributed by atoms with van der Waals surface area (Å²) >= 11 is 5.65. The van der Waals surface area contributed by atoms with Crippen LogP contribution in [0.1, 0.15) is 0 Å². The van der Waals surface area contributed by atoms with Gasteiger partial charge in [-0.1, -0.05) is 0 Å². The lowest BCUT2D eigenvalue weighted by molar-refractivity contribution is 0.358. The van der Waals surface area contributed by atoms with Crippen LogP contribution in [0.4, 0.5) is 0 Å². The van der Waals surface area contributed by atoms with Crippen LogP contribution in [0.25, 0.3) is 10.9 Å². The SMILES string of the molecule is COc1ccc2nc(Cl)[nH]c(=O)c2c1OC. The van der Waals surface area contributed by atoms with Gasteiger partial charge in [-0.2, -0.15) is 0 Å². The molecule has 2 rings (SSSR count). The van der Waals surface area contributed by atoms with E-state index in [9.17, 15) is 4.79 Å². The van der Waals surface area contributed by atoms with Crippen LogP contribution >= 0.6 is 11.6 Å². The minimum Gasteiger partial charge on any atom is -0.493 e. The highest BCUT2D eigenvalue weighted by atomic mass is 35.5. The number of aromatic nitrogens is 2. The Labute approximate surface area is 96.0 Å². The third kappa shape index (κ3) is 1.59. The van der Waals surface area contributed by atoms with E-state index in [-0.39, 0.29) is 10.8 Å². The van der Waals surface area contributed by atoms with E-state index in [1.807, 2.05) is 0 Å². The number of benzene rings is 1. The van der Waals surface area contributed by atoms with Gasteiger partial charge in [0.2, 0.25) is 5.28 Å². The highest BCUT2D eigenvalue weighted by Gasteiger charge is 2.13. The highest BCUT2D eigenvalue weighted by molar-refractivity contribution is 6.28. The Morgan fingerprint density at radius 2 is 2.06 bits per heavy atom. The van der Waals surface area contributed by atoms with Crippen molar-refractivity contribution < 1.29 is 9.47 Å². The van der Waals surface area contributed by atoms with Crippen LogP contribution in [0.2, 0.25) is 5.28 Å². The minimum absolute atomic E-state index is 0.0460. The van der Waals surface area contributed by atoms with E-state index < -0.39 is 0 Å². The summed E-state index contributed by atoms with van der Waals surface area (Å²) in [5.74, 6) is 0.829. The van der Waals surface area contributed by atoms with E-state index in [0.717, 1.165) is 0 Å². The number of halogens is 1. The number of rotatable bonds is 2. The number of hydrogen-bond donors (Lipinski definition) is 1. The molecule has 1 aromatic heterocycles. The summed E-state index contributed by atoms with van der Waals surface area (Å²) in [5, 5.41) is 0.371. The van der Waals surface area contributed by atoms with Gasteiger partial charge < -0.3 is 9.47 Å². The Bertz CT molecular complexity index is 594. The third-order valence-electron chi connectivity index (χ3n) is 2.19. The van der Waals surface area contributed by atoms with Crippen LogP contribution in [-0.2, 0) is 0 Å². The zero-order chi connectivity index (χ0) is 11.7. The Morgan fingerprint density at radius 1 is 1.31 bits per heavy atom. The molecule has 0 aliphatic heterocycles. The molecule has 1 heterocycles. The van der Waals surface area contributed by atoms with Crippen molar-refractivity contribution in [2.45, 2.75) is 0 Å². The maximum atomic E-state index is 11.7. The monoisotopic (exact) mass is 240 g/mol. The van der Waals surface area contributed by atoms with Gasteiger partial charge in [0.1, 0.15) is 5.39 Å². The number of methoxy groups -OCH3 is 2. The molecule has 0 spiro atoms. The summed E-state index contributed by atoms with van der Waals surface area (Å²) in [4.78, 5) is 18.1. The topological polar surface area (TPSA) is 64.2 Å². The summed E-state index contributed by atoms with van der Waals surface area (Å²) in [6, 6.07) is 3.32. The predicted octanol–water partition coefficient (Wildman–Crippen LogP) is 1.59. The molecule has 2 aromatic rings. The lowest BCUT2D eigenvalue weighted by atomic mass is 10.2. The second-order valence-electron chi connectivity index (χ2n) is 3.05. The van der Waals surface area contributed by atoms with Crippen LogP contribution in [-0.4, -0.2) is 24.2 Å². The maximum absolute atomic E-state index is 11.7. The van der Waals surface area contributed by atoms with Crippen molar-refractivity contribution in [1.82, 2.24) is 9.97 Å². The van der Waals surface area contributed by atoms with Crippen molar-refractivity contribution in [3.05, 3.63) is 27.8 Å². The molecule has 0 radical (unpaired) electrons. The molecular weight excluding hydrogens is 232 g/mol. The molecule has 0 fully saturated rings. The van der Waals surface area contributed by atoms with Crippen LogP contribution in [0.5, 0.6) is 11.5 Å². The fourth-order valence-electron chi connectivity index (χ4n) is 1.52. The first-order chi connectivity index (χ1) is 7.67. The van der Waals surface area contributed by atoms with Crippen LogP contribution < -0.4 is 15.0 Å². The van der Waals surface area contributed by atoms with Crippen LogP contribution in [0.15, 0.2) is 16.9 Å². The molecule has 84 valence electrons. The molecule has 0 amide bonds. The largest absolute Gasteiger partial charge is 0.493 e. The average Bonchev–Trinajstić information content (AvgIpc) is 2.27. The first-order valence-electron chi connectivity index (χ1n) is 4.48. The zero-order valence-electron chi connectivity index (χ0n) is 8.70. The molecule has 0 saturated heterocycles. The van der Waals surface area contributed by atoms with Gasteiger partial charge >= 0.3 is 0 Å². The van der Waals surface area contributed by atoms with E-state index in [2.05, 4.69) is 9.97 Å². The Kier molecular flexibility index (Phi) is 2.70. The van der Waals surface area contributed by atoms with Gasteiger partial charge in [-0.05, 0) is 23.7 Å². The van der Waals surface area contributed by atoms with Crippen molar-refractivity contribution in [2.24, 2.45) is 0 Å². The van der Waals surface area contributed by atoms with Gasteiger partial charge in [0.25, 0.3) is 5.56 Å². The van der Waals surface area contributed by atoms with E-state index in [4.69, 9.17) is 21.1 Å². The molecule has 5 nitrogen and oxygen atoms in total. The Balaban J connectivity index is 2.92. The van der Waals surface area contributed by atoms with Crippen molar-refractivity contribution >= 4 is 22.5 Å². The Hall–Kier alpha value is -1.75. The molecule has 6 heteroatoms. The molecule has 1 N–H and O–H groups in total. The van der Waals surface area contributed by atoms with Crippen LogP contribution in [0.3, 0.4) is 0 Å². The third-order valence-corrected chi connectivity index (χ3v) is 2.36. The van der Waals surface area contributed by atoms with E-state index >= 15 is 0 Å². The van der Waals surface area contributed by atoms with Gasteiger partial charge in [0.15, 0.2) is 11.5 Å². The minimum atomic E-state index is -0.356. The number of H-pyrrole nitrogens is 1. The predicted molar refractivity (Wildman–Crippen MR) is 60.5 cm³/mol. The number of aromatic amines is 1. The van der Waals surface area contributed by atoms with E-state index in [1.54, 1.807) is 12.1 Å². The summed E-state index contributed by atoms with van der Waals surface area (Å²) in [6.45, 7) is 0. The molecule has 0 aliphatic rings. The van der Waals surface area contributed by atoms with E-state index in [1.165, 1.54) is 14.2 Å². The molecule has 16 heavy (non-hydrogen) atoms. The summed E-state index contributed by atoms with van der Waals surface area (Å²) in [6.07, 6.45) is 0. The quantitative estimate of drug-likeness (QED) is 0.810. The van der Waals surface area contributed by atoms with Gasteiger partial charge in [-0.15, -0.1) is 0 Å². The van der Waals surface area contributed by atoms with Crippen LogP contribution in [0, 0.1) is 0 Å². The fraction of sp³-hybridized carbons (Fsp3) is 0.200. The van der Waals surface area contributed by atoms with Crippen molar-refractivity contribution in [3.63, 3.8) is 0 Å². The second kappa shape index (κ2) is 4.02. The molecule has 0 atom stereocenters. The lowest BCUT2D eigenvalue weighted by Gasteiger charge is -2.09. The molecule has 0 bridgehead atoms. The summed E-state index contributed by atoms with van der Waals surface area (Å²) < 4.78 is 10.2. The summed E-state index contributed by atoms with van der Waals surface area (Å²) in [7, 11) is 2.96. The highest BCUT2D eigenvalue weighted by Crippen LogP contribution is 2.32. The average molecular weight is 241 g/mol. The Morgan fingerprint density at radius 3 is 2.69 bits per heavy atom.